The summed E-state index contributed by atoms with van der Waals surface area (Å²) in [6.45, 7) is 1.88. The number of halogens is 1. The first-order valence-corrected chi connectivity index (χ1v) is 7.89. The number of aromatic nitrogens is 2. The average Bonchev–Trinajstić information content (AvgIpc) is 3.07. The van der Waals surface area contributed by atoms with E-state index in [0.29, 0.717) is 5.69 Å². The van der Waals surface area contributed by atoms with Crippen LogP contribution in [0.25, 0.3) is 5.69 Å². The monoisotopic (exact) mass is 354 g/mol. The van der Waals surface area contributed by atoms with E-state index < -0.39 is 17.8 Å². The standard InChI is InChI=1S/C19H15FN2O4/c1-2-25-19(24)16-12-17(22(21-16)15-6-4-3-5-7-15)26-18(23)13-8-10-14(20)11-9-13/h3-12H,2H2,1H3. The van der Waals surface area contributed by atoms with Gasteiger partial charge in [-0.1, -0.05) is 18.2 Å². The number of hydrogen-bond acceptors (Lipinski definition) is 5. The van der Waals surface area contributed by atoms with Crippen molar-refractivity contribution in [2.75, 3.05) is 6.61 Å². The summed E-state index contributed by atoms with van der Waals surface area (Å²) in [5, 5.41) is 4.16. The number of hydrogen-bond donors (Lipinski definition) is 0. The lowest BCUT2D eigenvalue weighted by Gasteiger charge is -2.07. The van der Waals surface area contributed by atoms with Crippen LogP contribution < -0.4 is 4.74 Å². The molecule has 1 heterocycles. The van der Waals surface area contributed by atoms with E-state index in [9.17, 15) is 14.0 Å². The molecular formula is C19H15FN2O4. The average molecular weight is 354 g/mol. The topological polar surface area (TPSA) is 70.4 Å². The van der Waals surface area contributed by atoms with Crippen molar-refractivity contribution in [3.8, 4) is 11.6 Å². The number of ether oxygens (including phenoxy) is 2. The quantitative estimate of drug-likeness (QED) is 0.657. The highest BCUT2D eigenvalue weighted by molar-refractivity contribution is 5.92. The third kappa shape index (κ3) is 3.77. The maximum atomic E-state index is 13.0. The molecule has 26 heavy (non-hydrogen) atoms. The number of carbonyl (C=O) groups is 2. The summed E-state index contributed by atoms with van der Waals surface area (Å²) in [4.78, 5) is 24.3. The van der Waals surface area contributed by atoms with Crippen molar-refractivity contribution in [3.05, 3.63) is 77.7 Å². The fraction of sp³-hybridized carbons (Fsp3) is 0.105. The minimum atomic E-state index is -0.697. The van der Waals surface area contributed by atoms with Gasteiger partial charge in [0.15, 0.2) is 5.69 Å². The highest BCUT2D eigenvalue weighted by atomic mass is 19.1. The normalized spacial score (nSPS) is 10.4. The highest BCUT2D eigenvalue weighted by Crippen LogP contribution is 2.21. The first-order chi connectivity index (χ1) is 12.6. The molecule has 0 unspecified atom stereocenters. The van der Waals surface area contributed by atoms with Gasteiger partial charge in [0.25, 0.3) is 0 Å². The fourth-order valence-corrected chi connectivity index (χ4v) is 2.24. The second kappa shape index (κ2) is 7.60. The molecule has 0 saturated carbocycles. The first-order valence-electron chi connectivity index (χ1n) is 7.89. The molecule has 0 N–H and O–H groups in total. The Kier molecular flexibility index (Phi) is 5.07. The first kappa shape index (κ1) is 17.3. The summed E-state index contributed by atoms with van der Waals surface area (Å²) in [5.41, 5.74) is 0.785. The number of benzene rings is 2. The van der Waals surface area contributed by atoms with Gasteiger partial charge in [-0.2, -0.15) is 9.78 Å². The Hall–Kier alpha value is -3.48. The lowest BCUT2D eigenvalue weighted by Crippen LogP contribution is -2.11. The van der Waals surface area contributed by atoms with Crippen LogP contribution in [0.5, 0.6) is 5.88 Å². The summed E-state index contributed by atoms with van der Waals surface area (Å²) >= 11 is 0. The predicted octanol–water partition coefficient (Wildman–Crippen LogP) is 3.41. The van der Waals surface area contributed by atoms with Crippen molar-refractivity contribution < 1.29 is 23.5 Å². The van der Waals surface area contributed by atoms with Crippen LogP contribution in [0, 0.1) is 5.82 Å². The van der Waals surface area contributed by atoms with Crippen molar-refractivity contribution in [3.63, 3.8) is 0 Å². The number of nitrogens with zero attached hydrogens (tertiary/aromatic N) is 2. The SMILES string of the molecule is CCOC(=O)c1cc(OC(=O)c2ccc(F)cc2)n(-c2ccccc2)n1. The Labute approximate surface area is 148 Å². The van der Waals surface area contributed by atoms with Gasteiger partial charge in [0.2, 0.25) is 5.88 Å². The Morgan fingerprint density at radius 3 is 2.38 bits per heavy atom. The molecular weight excluding hydrogens is 339 g/mol. The molecule has 0 aliphatic carbocycles. The Morgan fingerprint density at radius 2 is 1.73 bits per heavy atom. The number of rotatable bonds is 5. The van der Waals surface area contributed by atoms with E-state index in [1.807, 2.05) is 6.07 Å². The van der Waals surface area contributed by atoms with E-state index in [-0.39, 0.29) is 23.7 Å². The zero-order valence-electron chi connectivity index (χ0n) is 13.9. The molecule has 0 aliphatic rings. The van der Waals surface area contributed by atoms with Crippen LogP contribution in [0.1, 0.15) is 27.8 Å². The van der Waals surface area contributed by atoms with Gasteiger partial charge in [0.1, 0.15) is 5.82 Å². The van der Waals surface area contributed by atoms with Gasteiger partial charge in [-0.25, -0.2) is 14.0 Å². The van der Waals surface area contributed by atoms with Crippen LogP contribution in [0.2, 0.25) is 0 Å². The smallest absolute Gasteiger partial charge is 0.358 e. The third-order valence-electron chi connectivity index (χ3n) is 3.44. The van der Waals surface area contributed by atoms with E-state index in [0.717, 1.165) is 12.1 Å². The molecule has 0 amide bonds. The van der Waals surface area contributed by atoms with E-state index in [2.05, 4.69) is 5.10 Å². The van der Waals surface area contributed by atoms with E-state index in [1.165, 1.54) is 22.9 Å². The molecule has 3 aromatic rings. The van der Waals surface area contributed by atoms with Gasteiger partial charge in [0.05, 0.1) is 17.9 Å². The van der Waals surface area contributed by atoms with Crippen molar-refractivity contribution in [1.29, 1.82) is 0 Å². The van der Waals surface area contributed by atoms with E-state index in [1.54, 1.807) is 31.2 Å². The van der Waals surface area contributed by atoms with E-state index in [4.69, 9.17) is 9.47 Å². The molecule has 0 fully saturated rings. The zero-order chi connectivity index (χ0) is 18.5. The minimum Gasteiger partial charge on any atom is -0.461 e. The molecule has 3 rings (SSSR count). The molecule has 0 spiro atoms. The van der Waals surface area contributed by atoms with Gasteiger partial charge in [-0.05, 0) is 43.3 Å². The van der Waals surface area contributed by atoms with Crippen molar-refractivity contribution in [2.24, 2.45) is 0 Å². The van der Waals surface area contributed by atoms with Crippen LogP contribution in [0.15, 0.2) is 60.7 Å². The third-order valence-corrected chi connectivity index (χ3v) is 3.44. The summed E-state index contributed by atoms with van der Waals surface area (Å²) in [6.07, 6.45) is 0. The Morgan fingerprint density at radius 1 is 1.04 bits per heavy atom. The second-order valence-corrected chi connectivity index (χ2v) is 5.23. The summed E-state index contributed by atoms with van der Waals surface area (Å²) in [5.74, 6) is -1.73. The van der Waals surface area contributed by atoms with Crippen LogP contribution in [0.3, 0.4) is 0 Å². The Bertz CT molecular complexity index is 920. The fourth-order valence-electron chi connectivity index (χ4n) is 2.24. The van der Waals surface area contributed by atoms with Crippen LogP contribution in [-0.4, -0.2) is 28.3 Å². The maximum absolute atomic E-state index is 13.0. The predicted molar refractivity (Wildman–Crippen MR) is 90.9 cm³/mol. The number of esters is 2. The molecule has 0 bridgehead atoms. The molecule has 2 aromatic carbocycles. The molecule has 132 valence electrons. The van der Waals surface area contributed by atoms with Gasteiger partial charge in [-0.15, -0.1) is 0 Å². The lowest BCUT2D eigenvalue weighted by molar-refractivity contribution is 0.0518. The molecule has 6 nitrogen and oxygen atoms in total. The van der Waals surface area contributed by atoms with Gasteiger partial charge < -0.3 is 9.47 Å². The summed E-state index contributed by atoms with van der Waals surface area (Å²) in [7, 11) is 0. The molecule has 0 atom stereocenters. The van der Waals surface area contributed by atoms with Crippen LogP contribution >= 0.6 is 0 Å². The Balaban J connectivity index is 1.95. The second-order valence-electron chi connectivity index (χ2n) is 5.23. The van der Waals surface area contributed by atoms with E-state index >= 15 is 0 Å². The molecule has 0 saturated heterocycles. The van der Waals surface area contributed by atoms with Crippen LogP contribution in [-0.2, 0) is 4.74 Å². The van der Waals surface area contributed by atoms with Crippen molar-refractivity contribution >= 4 is 11.9 Å². The summed E-state index contributed by atoms with van der Waals surface area (Å²) < 4.78 is 24.6. The largest absolute Gasteiger partial charge is 0.461 e. The number of carbonyl (C=O) groups excluding carboxylic acids is 2. The van der Waals surface area contributed by atoms with Crippen LogP contribution in [0.4, 0.5) is 4.39 Å². The van der Waals surface area contributed by atoms with Gasteiger partial charge in [0, 0.05) is 6.07 Å². The van der Waals surface area contributed by atoms with Gasteiger partial charge >= 0.3 is 11.9 Å². The van der Waals surface area contributed by atoms with Crippen molar-refractivity contribution in [2.45, 2.75) is 6.92 Å². The molecule has 1 aromatic heterocycles. The number of para-hydroxylation sites is 1. The summed E-state index contributed by atoms with van der Waals surface area (Å²) in [6, 6.07) is 15.2. The minimum absolute atomic E-state index is 0.0117. The molecule has 0 radical (unpaired) electrons. The van der Waals surface area contributed by atoms with Crippen molar-refractivity contribution in [1.82, 2.24) is 9.78 Å². The highest BCUT2D eigenvalue weighted by Gasteiger charge is 2.20. The maximum Gasteiger partial charge on any atom is 0.358 e. The molecule has 0 aliphatic heterocycles. The van der Waals surface area contributed by atoms with Gasteiger partial charge in [-0.3, -0.25) is 0 Å². The lowest BCUT2D eigenvalue weighted by atomic mass is 10.2. The molecule has 7 heteroatoms. The zero-order valence-corrected chi connectivity index (χ0v) is 13.9.